The maximum absolute atomic E-state index is 3.69. The summed E-state index contributed by atoms with van der Waals surface area (Å²) in [6.07, 6.45) is 4.02. The molecule has 2 rings (SSSR count). The third kappa shape index (κ3) is 8.37. The summed E-state index contributed by atoms with van der Waals surface area (Å²) in [7, 11) is 0. The predicted molar refractivity (Wildman–Crippen MR) is 103 cm³/mol. The van der Waals surface area contributed by atoms with Gasteiger partial charge in [-0.15, -0.1) is 6.58 Å². The van der Waals surface area contributed by atoms with Crippen LogP contribution in [0.2, 0.25) is 0 Å². The second-order valence-electron chi connectivity index (χ2n) is 6.13. The number of hydrogen-bond donors (Lipinski definition) is 1. The number of benzene rings is 2. The van der Waals surface area contributed by atoms with Gasteiger partial charge >= 0.3 is 0 Å². The molecule has 0 bridgehead atoms. The van der Waals surface area contributed by atoms with Crippen molar-refractivity contribution >= 4 is 0 Å². The first-order valence-corrected chi connectivity index (χ1v) is 8.50. The van der Waals surface area contributed by atoms with Crippen LogP contribution in [0.3, 0.4) is 0 Å². The smallest absolute Gasteiger partial charge is 0.00790 e. The molecule has 0 saturated carbocycles. The van der Waals surface area contributed by atoms with Gasteiger partial charge in [-0.05, 0) is 51.3 Å². The first-order chi connectivity index (χ1) is 11.0. The third-order valence-electron chi connectivity index (χ3n) is 3.64. The van der Waals surface area contributed by atoms with E-state index in [0.717, 1.165) is 19.4 Å². The fourth-order valence-corrected chi connectivity index (χ4v) is 2.62. The summed E-state index contributed by atoms with van der Waals surface area (Å²) >= 11 is 0. The summed E-state index contributed by atoms with van der Waals surface area (Å²) in [5.74, 6) is 0. The van der Waals surface area contributed by atoms with Crippen molar-refractivity contribution in [3.05, 3.63) is 83.4 Å². The van der Waals surface area contributed by atoms with Crippen molar-refractivity contribution in [3.63, 3.8) is 0 Å². The van der Waals surface area contributed by atoms with Crippen LogP contribution < -0.4 is 5.32 Å². The quantitative estimate of drug-likeness (QED) is 0.718. The lowest BCUT2D eigenvalue weighted by Gasteiger charge is -2.12. The van der Waals surface area contributed by atoms with Crippen molar-refractivity contribution in [2.75, 3.05) is 6.54 Å². The van der Waals surface area contributed by atoms with Gasteiger partial charge in [0, 0.05) is 6.04 Å². The van der Waals surface area contributed by atoms with E-state index in [1.54, 1.807) is 0 Å². The number of rotatable bonds is 6. The van der Waals surface area contributed by atoms with Crippen molar-refractivity contribution in [2.45, 2.75) is 46.6 Å². The van der Waals surface area contributed by atoms with Crippen molar-refractivity contribution in [3.8, 4) is 0 Å². The molecule has 0 aliphatic carbocycles. The molecule has 1 atom stereocenters. The molecule has 1 nitrogen and oxygen atoms in total. The van der Waals surface area contributed by atoms with Crippen LogP contribution in [0.1, 0.15) is 36.1 Å². The summed E-state index contributed by atoms with van der Waals surface area (Å²) < 4.78 is 0. The molecule has 23 heavy (non-hydrogen) atoms. The van der Waals surface area contributed by atoms with Gasteiger partial charge in [0.15, 0.2) is 0 Å². The van der Waals surface area contributed by atoms with Gasteiger partial charge in [0.05, 0.1) is 0 Å². The molecule has 0 saturated heterocycles. The van der Waals surface area contributed by atoms with Gasteiger partial charge in [-0.25, -0.2) is 0 Å². The molecule has 2 aromatic rings. The van der Waals surface area contributed by atoms with E-state index >= 15 is 0 Å². The molecule has 1 heteroatoms. The Morgan fingerprint density at radius 3 is 2.09 bits per heavy atom. The van der Waals surface area contributed by atoms with E-state index < -0.39 is 0 Å². The highest BCUT2D eigenvalue weighted by atomic mass is 14.9. The van der Waals surface area contributed by atoms with Crippen molar-refractivity contribution in [1.82, 2.24) is 5.32 Å². The van der Waals surface area contributed by atoms with Crippen LogP contribution in [0, 0.1) is 13.8 Å². The van der Waals surface area contributed by atoms with Crippen LogP contribution in [0.4, 0.5) is 0 Å². The van der Waals surface area contributed by atoms with Gasteiger partial charge in [0.2, 0.25) is 0 Å². The number of hydrogen-bond acceptors (Lipinski definition) is 1. The van der Waals surface area contributed by atoms with Crippen molar-refractivity contribution in [1.29, 1.82) is 0 Å². The first kappa shape index (κ1) is 19.2. The van der Waals surface area contributed by atoms with E-state index in [0.29, 0.717) is 6.04 Å². The van der Waals surface area contributed by atoms with Gasteiger partial charge in [-0.3, -0.25) is 0 Å². The number of likely N-dealkylation sites (N-methyl/N-ethyl adjacent to an activating group) is 1. The Labute approximate surface area is 142 Å². The monoisotopic (exact) mass is 309 g/mol. The summed E-state index contributed by atoms with van der Waals surface area (Å²) in [5.41, 5.74) is 5.43. The maximum Gasteiger partial charge on any atom is 0.00790 e. The SMILES string of the molecule is C=CCc1cccc(C)c1.CCNC(C)Cc1cccc(C)c1. The number of allylic oxidation sites excluding steroid dienone is 1. The highest BCUT2D eigenvalue weighted by Gasteiger charge is 2.00. The van der Waals surface area contributed by atoms with Crippen molar-refractivity contribution < 1.29 is 0 Å². The molecule has 0 aromatic heterocycles. The lowest BCUT2D eigenvalue weighted by molar-refractivity contribution is 0.565. The second kappa shape index (κ2) is 10.8. The molecule has 2 aromatic carbocycles. The highest BCUT2D eigenvalue weighted by molar-refractivity contribution is 5.24. The van der Waals surface area contributed by atoms with E-state index in [4.69, 9.17) is 0 Å². The molecule has 0 aliphatic rings. The molecule has 0 radical (unpaired) electrons. The van der Waals surface area contributed by atoms with Crippen LogP contribution in [-0.4, -0.2) is 12.6 Å². The fourth-order valence-electron chi connectivity index (χ4n) is 2.62. The van der Waals surface area contributed by atoms with Crippen LogP contribution in [-0.2, 0) is 12.8 Å². The van der Waals surface area contributed by atoms with Crippen LogP contribution in [0.5, 0.6) is 0 Å². The average molecular weight is 309 g/mol. The zero-order valence-electron chi connectivity index (χ0n) is 15.1. The fraction of sp³-hybridized carbons (Fsp3) is 0.364. The zero-order chi connectivity index (χ0) is 17.1. The minimum Gasteiger partial charge on any atom is -0.314 e. The standard InChI is InChI=1S/C12H19N.C10H12/c1-4-13-11(3)9-12-7-5-6-10(2)8-12;1-3-5-10-7-4-6-9(2)8-10/h5-8,11,13H,4,9H2,1-3H3;3-4,6-8H,1,5H2,2H3. The molecule has 124 valence electrons. The largest absolute Gasteiger partial charge is 0.314 e. The summed E-state index contributed by atoms with van der Waals surface area (Å²) in [5, 5.41) is 3.41. The number of nitrogens with one attached hydrogen (secondary N) is 1. The van der Waals surface area contributed by atoms with Crippen LogP contribution >= 0.6 is 0 Å². The predicted octanol–water partition coefficient (Wildman–Crippen LogP) is 5.26. The summed E-state index contributed by atoms with van der Waals surface area (Å²) in [6, 6.07) is 17.8. The maximum atomic E-state index is 3.69. The lowest BCUT2D eigenvalue weighted by Crippen LogP contribution is -2.27. The lowest BCUT2D eigenvalue weighted by atomic mass is 10.1. The van der Waals surface area contributed by atoms with E-state index in [-0.39, 0.29) is 0 Å². The Bertz CT molecular complexity index is 586. The second-order valence-corrected chi connectivity index (χ2v) is 6.13. The Kier molecular flexibility index (Phi) is 9.01. The van der Waals surface area contributed by atoms with E-state index in [1.807, 2.05) is 6.08 Å². The zero-order valence-corrected chi connectivity index (χ0v) is 15.1. The molecule has 1 unspecified atom stereocenters. The first-order valence-electron chi connectivity index (χ1n) is 8.50. The minimum absolute atomic E-state index is 0.576. The average Bonchev–Trinajstić information content (AvgIpc) is 2.48. The minimum atomic E-state index is 0.576. The molecule has 0 fully saturated rings. The Morgan fingerprint density at radius 1 is 1.00 bits per heavy atom. The van der Waals surface area contributed by atoms with Crippen LogP contribution in [0.25, 0.3) is 0 Å². The summed E-state index contributed by atoms with van der Waals surface area (Å²) in [6.45, 7) is 13.4. The van der Waals surface area contributed by atoms with Crippen LogP contribution in [0.15, 0.2) is 61.2 Å². The van der Waals surface area contributed by atoms with E-state index in [2.05, 4.69) is 88.1 Å². The van der Waals surface area contributed by atoms with Gasteiger partial charge < -0.3 is 5.32 Å². The van der Waals surface area contributed by atoms with Crippen molar-refractivity contribution in [2.24, 2.45) is 0 Å². The number of aryl methyl sites for hydroxylation is 2. The molecule has 1 N–H and O–H groups in total. The third-order valence-corrected chi connectivity index (χ3v) is 3.64. The molecular formula is C22H31N. The molecule has 0 spiro atoms. The van der Waals surface area contributed by atoms with Gasteiger partial charge in [0.25, 0.3) is 0 Å². The van der Waals surface area contributed by atoms with Gasteiger partial charge in [0.1, 0.15) is 0 Å². The van der Waals surface area contributed by atoms with Gasteiger partial charge in [-0.1, -0.05) is 72.7 Å². The molecular weight excluding hydrogens is 278 g/mol. The molecule has 0 aliphatic heterocycles. The van der Waals surface area contributed by atoms with Gasteiger partial charge in [-0.2, -0.15) is 0 Å². The Hall–Kier alpha value is -1.86. The Morgan fingerprint density at radius 2 is 1.57 bits per heavy atom. The Balaban J connectivity index is 0.000000238. The topological polar surface area (TPSA) is 12.0 Å². The summed E-state index contributed by atoms with van der Waals surface area (Å²) in [4.78, 5) is 0. The normalized spacial score (nSPS) is 11.3. The molecule has 0 heterocycles. The molecule has 0 amide bonds. The highest BCUT2D eigenvalue weighted by Crippen LogP contribution is 2.06. The van der Waals surface area contributed by atoms with E-state index in [9.17, 15) is 0 Å². The van der Waals surface area contributed by atoms with E-state index in [1.165, 1.54) is 22.3 Å².